The number of benzene rings is 8. The van der Waals surface area contributed by atoms with Gasteiger partial charge in [0, 0.05) is 32.8 Å². The SMILES string of the molecule is c1ccc(-c2cccc(C3=NC(n4c5ccccc5c5cc(-c6ccc7c(c6)c6ccccc6n7-c6ccccc6)ccc54)=NC(c4ccccc4)N3)c2)cc1. The Morgan fingerprint density at radius 2 is 0.875 bits per heavy atom. The first-order valence-electron chi connectivity index (χ1n) is 19.0. The molecule has 2 aromatic heterocycles. The highest BCUT2D eigenvalue weighted by atomic mass is 15.3. The Labute approximate surface area is 324 Å². The first kappa shape index (κ1) is 32.0. The fourth-order valence-electron chi connectivity index (χ4n) is 8.34. The van der Waals surface area contributed by atoms with E-state index in [1.165, 1.54) is 32.9 Å². The fourth-order valence-corrected chi connectivity index (χ4v) is 8.34. The number of hydrogen-bond acceptors (Lipinski definition) is 3. The molecule has 1 unspecified atom stereocenters. The van der Waals surface area contributed by atoms with Crippen LogP contribution in [-0.2, 0) is 0 Å². The average molecular weight is 718 g/mol. The monoisotopic (exact) mass is 717 g/mol. The van der Waals surface area contributed by atoms with Crippen LogP contribution < -0.4 is 5.32 Å². The number of nitrogens with one attached hydrogen (secondary N) is 1. The maximum Gasteiger partial charge on any atom is 0.234 e. The van der Waals surface area contributed by atoms with Gasteiger partial charge in [-0.05, 0) is 82.4 Å². The molecule has 8 aromatic carbocycles. The van der Waals surface area contributed by atoms with Gasteiger partial charge in [0.2, 0.25) is 5.96 Å². The number of hydrogen-bond donors (Lipinski definition) is 1. The molecule has 0 amide bonds. The summed E-state index contributed by atoms with van der Waals surface area (Å²) in [6.07, 6.45) is -0.320. The van der Waals surface area contributed by atoms with Crippen molar-refractivity contribution in [2.24, 2.45) is 9.98 Å². The van der Waals surface area contributed by atoms with Crippen molar-refractivity contribution in [3.63, 3.8) is 0 Å². The Morgan fingerprint density at radius 3 is 1.55 bits per heavy atom. The van der Waals surface area contributed by atoms with Crippen LogP contribution in [0.2, 0.25) is 0 Å². The molecule has 56 heavy (non-hydrogen) atoms. The van der Waals surface area contributed by atoms with Gasteiger partial charge in [0.25, 0.3) is 0 Å². The maximum atomic E-state index is 5.30. The van der Waals surface area contributed by atoms with Gasteiger partial charge in [-0.3, -0.25) is 4.57 Å². The first-order chi connectivity index (χ1) is 27.8. The highest BCUT2D eigenvalue weighted by Crippen LogP contribution is 2.38. The molecule has 1 aliphatic heterocycles. The van der Waals surface area contributed by atoms with Gasteiger partial charge in [0.15, 0.2) is 0 Å². The molecule has 10 aromatic rings. The molecule has 11 rings (SSSR count). The minimum absolute atomic E-state index is 0.320. The summed E-state index contributed by atoms with van der Waals surface area (Å²) in [5, 5.41) is 8.46. The zero-order chi connectivity index (χ0) is 37.0. The van der Waals surface area contributed by atoms with Crippen molar-refractivity contribution in [2.45, 2.75) is 6.17 Å². The summed E-state index contributed by atoms with van der Waals surface area (Å²) >= 11 is 0. The summed E-state index contributed by atoms with van der Waals surface area (Å²) in [6, 6.07) is 71.0. The Kier molecular flexibility index (Phi) is 7.49. The van der Waals surface area contributed by atoms with Crippen molar-refractivity contribution in [1.29, 1.82) is 0 Å². The Hall–Kier alpha value is -7.50. The quantitative estimate of drug-likeness (QED) is 0.189. The highest BCUT2D eigenvalue weighted by Gasteiger charge is 2.24. The van der Waals surface area contributed by atoms with Gasteiger partial charge in [0.1, 0.15) is 12.0 Å². The van der Waals surface area contributed by atoms with Gasteiger partial charge in [-0.15, -0.1) is 0 Å². The topological polar surface area (TPSA) is 46.6 Å². The van der Waals surface area contributed by atoms with E-state index in [4.69, 9.17) is 9.98 Å². The fraction of sp³-hybridized carbons (Fsp3) is 0.0196. The number of nitrogens with zero attached hydrogens (tertiary/aromatic N) is 4. The third-order valence-corrected chi connectivity index (χ3v) is 11.0. The molecule has 1 atom stereocenters. The van der Waals surface area contributed by atoms with E-state index in [-0.39, 0.29) is 6.17 Å². The molecule has 3 heterocycles. The zero-order valence-corrected chi connectivity index (χ0v) is 30.4. The van der Waals surface area contributed by atoms with Crippen LogP contribution in [0.1, 0.15) is 17.3 Å². The predicted molar refractivity (Wildman–Crippen MR) is 233 cm³/mol. The van der Waals surface area contributed by atoms with Crippen molar-refractivity contribution in [3.8, 4) is 27.9 Å². The maximum absolute atomic E-state index is 5.30. The molecule has 0 bridgehead atoms. The molecule has 0 aliphatic carbocycles. The standard InChI is InChI=1S/C51H35N5/c1-4-15-34(16-5-1)36-19-14-20-39(31-36)50-52-49(35-17-6-2-7-18-35)53-51(54-50)56-46-26-13-11-24-42(46)44-33-38(28-30-48(44)56)37-27-29-47-43(32-37)41-23-10-12-25-45(41)55(47)40-21-8-3-9-22-40/h1-33,49H,(H,52,53,54). The number of amidine groups is 1. The highest BCUT2D eigenvalue weighted by molar-refractivity contribution is 6.18. The third-order valence-electron chi connectivity index (χ3n) is 11.0. The van der Waals surface area contributed by atoms with Crippen LogP contribution in [0.5, 0.6) is 0 Å². The number of para-hydroxylation sites is 3. The summed E-state index contributed by atoms with van der Waals surface area (Å²) < 4.78 is 4.59. The lowest BCUT2D eigenvalue weighted by atomic mass is 10.0. The van der Waals surface area contributed by atoms with Crippen molar-refractivity contribution in [3.05, 3.63) is 211 Å². The smallest absolute Gasteiger partial charge is 0.234 e. The van der Waals surface area contributed by atoms with E-state index >= 15 is 0 Å². The lowest BCUT2D eigenvalue weighted by Gasteiger charge is -2.24. The van der Waals surface area contributed by atoms with Crippen LogP contribution in [0.3, 0.4) is 0 Å². The van der Waals surface area contributed by atoms with Gasteiger partial charge in [-0.2, -0.15) is 4.99 Å². The Balaban J connectivity index is 1.07. The molecule has 0 fully saturated rings. The molecule has 1 aliphatic rings. The van der Waals surface area contributed by atoms with E-state index in [9.17, 15) is 0 Å². The molecule has 0 radical (unpaired) electrons. The van der Waals surface area contributed by atoms with E-state index in [2.05, 4.69) is 203 Å². The summed E-state index contributed by atoms with van der Waals surface area (Å²) in [5.74, 6) is 1.43. The van der Waals surface area contributed by atoms with E-state index in [0.717, 1.165) is 55.6 Å². The normalized spacial score (nSPS) is 14.2. The molecule has 5 heteroatoms. The second kappa shape index (κ2) is 13.1. The van der Waals surface area contributed by atoms with Crippen molar-refractivity contribution < 1.29 is 0 Å². The number of rotatable bonds is 5. The van der Waals surface area contributed by atoms with E-state index in [0.29, 0.717) is 5.96 Å². The lowest BCUT2D eigenvalue weighted by Crippen LogP contribution is -2.35. The minimum Gasteiger partial charge on any atom is -0.344 e. The average Bonchev–Trinajstić information content (AvgIpc) is 3.79. The molecule has 1 N–H and O–H groups in total. The van der Waals surface area contributed by atoms with Crippen LogP contribution in [0.15, 0.2) is 210 Å². The molecule has 264 valence electrons. The largest absolute Gasteiger partial charge is 0.344 e. The van der Waals surface area contributed by atoms with Crippen molar-refractivity contribution in [2.75, 3.05) is 0 Å². The summed E-state index contributed by atoms with van der Waals surface area (Å²) in [7, 11) is 0. The van der Waals surface area contributed by atoms with E-state index < -0.39 is 0 Å². The van der Waals surface area contributed by atoms with Crippen LogP contribution in [0.25, 0.3) is 71.6 Å². The van der Waals surface area contributed by atoms with Gasteiger partial charge in [-0.25, -0.2) is 4.99 Å². The number of aliphatic imine (C=N–C) groups is 2. The zero-order valence-electron chi connectivity index (χ0n) is 30.4. The molecular formula is C51H35N5. The second-order valence-corrected chi connectivity index (χ2v) is 14.3. The third kappa shape index (κ3) is 5.32. The molecular weight excluding hydrogens is 683 g/mol. The van der Waals surface area contributed by atoms with E-state index in [1.54, 1.807) is 0 Å². The Bertz CT molecular complexity index is 3150. The number of aromatic nitrogens is 2. The van der Waals surface area contributed by atoms with E-state index in [1.807, 2.05) is 12.1 Å². The molecule has 0 saturated heterocycles. The van der Waals surface area contributed by atoms with Gasteiger partial charge >= 0.3 is 0 Å². The second-order valence-electron chi connectivity index (χ2n) is 14.3. The number of fused-ring (bicyclic) bond motifs is 6. The van der Waals surface area contributed by atoms with Gasteiger partial charge < -0.3 is 9.88 Å². The summed E-state index contributed by atoms with van der Waals surface area (Å²) in [4.78, 5) is 10.6. The Morgan fingerprint density at radius 1 is 0.375 bits per heavy atom. The molecule has 5 nitrogen and oxygen atoms in total. The summed E-state index contributed by atoms with van der Waals surface area (Å²) in [5.41, 5.74) is 12.4. The molecule has 0 spiro atoms. The van der Waals surface area contributed by atoms with Crippen LogP contribution in [0, 0.1) is 0 Å². The first-order valence-corrected chi connectivity index (χ1v) is 19.0. The van der Waals surface area contributed by atoms with Gasteiger partial charge in [0.05, 0.1) is 22.1 Å². The lowest BCUT2D eigenvalue weighted by molar-refractivity contribution is 0.668. The van der Waals surface area contributed by atoms with Gasteiger partial charge in [-0.1, -0.05) is 146 Å². The molecule has 0 saturated carbocycles. The van der Waals surface area contributed by atoms with Crippen LogP contribution >= 0.6 is 0 Å². The van der Waals surface area contributed by atoms with Crippen molar-refractivity contribution >= 4 is 55.4 Å². The van der Waals surface area contributed by atoms with Crippen molar-refractivity contribution in [1.82, 2.24) is 14.5 Å². The minimum atomic E-state index is -0.320. The summed E-state index contributed by atoms with van der Waals surface area (Å²) in [6.45, 7) is 0. The van der Waals surface area contributed by atoms with Crippen LogP contribution in [-0.4, -0.2) is 20.9 Å². The predicted octanol–water partition coefficient (Wildman–Crippen LogP) is 12.2. The van der Waals surface area contributed by atoms with Crippen LogP contribution in [0.4, 0.5) is 0 Å².